The average Bonchev–Trinajstić information content (AvgIpc) is 2.60. The quantitative estimate of drug-likeness (QED) is 0.482. The van der Waals surface area contributed by atoms with Crippen LogP contribution in [0.2, 0.25) is 0 Å². The summed E-state index contributed by atoms with van der Waals surface area (Å²) in [6.45, 7) is 2.26. The zero-order valence-electron chi connectivity index (χ0n) is 14.5. The Bertz CT molecular complexity index is 649. The van der Waals surface area contributed by atoms with E-state index in [0.717, 1.165) is 5.92 Å². The number of rotatable bonds is 5. The molecule has 0 N–H and O–H groups in total. The first-order chi connectivity index (χ1) is 11.7. The molecule has 1 aromatic carbocycles. The highest BCUT2D eigenvalue weighted by molar-refractivity contribution is 5.42. The third kappa shape index (κ3) is 5.86. The van der Waals surface area contributed by atoms with Crippen molar-refractivity contribution in [3.63, 3.8) is 0 Å². The average molecular weight is 323 g/mol. The Morgan fingerprint density at radius 1 is 1.21 bits per heavy atom. The fourth-order valence-corrected chi connectivity index (χ4v) is 3.35. The van der Waals surface area contributed by atoms with Crippen LogP contribution >= 0.6 is 0 Å². The van der Waals surface area contributed by atoms with Crippen molar-refractivity contribution in [1.82, 2.24) is 0 Å². The Morgan fingerprint density at radius 3 is 2.67 bits per heavy atom. The van der Waals surface area contributed by atoms with Gasteiger partial charge < -0.3 is 0 Å². The van der Waals surface area contributed by atoms with Gasteiger partial charge in [-0.25, -0.2) is 4.39 Å². The van der Waals surface area contributed by atoms with E-state index in [0.29, 0.717) is 11.5 Å². The van der Waals surface area contributed by atoms with Crippen molar-refractivity contribution in [1.29, 1.82) is 5.26 Å². The van der Waals surface area contributed by atoms with Crippen LogP contribution in [0.4, 0.5) is 4.39 Å². The number of hydrogen-bond donors (Lipinski definition) is 0. The Kier molecular flexibility index (Phi) is 7.57. The van der Waals surface area contributed by atoms with E-state index in [-0.39, 0.29) is 5.56 Å². The molecule has 1 aromatic rings. The maximum atomic E-state index is 13.5. The maximum absolute atomic E-state index is 13.5. The summed E-state index contributed by atoms with van der Waals surface area (Å²) in [5, 5.41) is 8.71. The van der Waals surface area contributed by atoms with Crippen LogP contribution in [0.25, 0.3) is 0 Å². The fourth-order valence-electron chi connectivity index (χ4n) is 3.35. The number of hydrogen-bond acceptors (Lipinski definition) is 1. The van der Waals surface area contributed by atoms with Crippen molar-refractivity contribution in [2.24, 2.45) is 11.8 Å². The fraction of sp³-hybridized carbons (Fsp3) is 0.500. The highest BCUT2D eigenvalue weighted by Gasteiger charge is 2.18. The molecule has 1 saturated carbocycles. The maximum Gasteiger partial charge on any atom is 0.142 e. The van der Waals surface area contributed by atoms with Gasteiger partial charge in [0.05, 0.1) is 5.56 Å². The highest BCUT2D eigenvalue weighted by Crippen LogP contribution is 2.32. The third-order valence-corrected chi connectivity index (χ3v) is 4.87. The second-order valence-electron chi connectivity index (χ2n) is 6.71. The minimum atomic E-state index is -0.505. The summed E-state index contributed by atoms with van der Waals surface area (Å²) < 4.78 is 13.5. The molecule has 1 nitrogen and oxygen atoms in total. The molecule has 0 heterocycles. The molecule has 0 aromatic heterocycles. The van der Waals surface area contributed by atoms with E-state index in [2.05, 4.69) is 24.8 Å². The van der Waals surface area contributed by atoms with Gasteiger partial charge in [0.15, 0.2) is 0 Å². The number of allylic oxidation sites excluding steroid dienone is 2. The molecule has 2 heteroatoms. The molecule has 0 amide bonds. The molecule has 24 heavy (non-hydrogen) atoms. The predicted molar refractivity (Wildman–Crippen MR) is 96.7 cm³/mol. The summed E-state index contributed by atoms with van der Waals surface area (Å²) in [6.07, 6.45) is 14.8. The first-order valence-corrected chi connectivity index (χ1v) is 9.10. The molecule has 0 radical (unpaired) electrons. The lowest BCUT2D eigenvalue weighted by atomic mass is 9.79. The van der Waals surface area contributed by atoms with Gasteiger partial charge in [-0.2, -0.15) is 5.26 Å². The molecule has 0 spiro atoms. The number of nitriles is 1. The molecule has 0 bridgehead atoms. The SMILES string of the molecule is CCCCC[C@H]1CC[C@H](/C=C/C#Cc2ccc(C#N)c(F)c2)CC1. The van der Waals surface area contributed by atoms with Crippen molar-refractivity contribution in [3.05, 3.63) is 47.3 Å². The lowest BCUT2D eigenvalue weighted by Crippen LogP contribution is -2.12. The second kappa shape index (κ2) is 9.94. The van der Waals surface area contributed by atoms with Crippen LogP contribution in [0.15, 0.2) is 30.4 Å². The Balaban J connectivity index is 1.78. The van der Waals surface area contributed by atoms with E-state index in [1.165, 1.54) is 63.5 Å². The van der Waals surface area contributed by atoms with Crippen molar-refractivity contribution in [2.45, 2.75) is 58.3 Å². The standard InChI is InChI=1S/C22H26FN/c1-2-3-4-7-18-10-12-19(13-11-18)8-5-6-9-20-14-15-21(17-24)22(23)16-20/h5,8,14-16,18-19H,2-4,7,10-13H2,1H3/b8-5+/t18-,19-. The van der Waals surface area contributed by atoms with Crippen LogP contribution in [-0.2, 0) is 0 Å². The van der Waals surface area contributed by atoms with Gasteiger partial charge in [-0.15, -0.1) is 0 Å². The summed E-state index contributed by atoms with van der Waals surface area (Å²) in [5.74, 6) is 6.98. The topological polar surface area (TPSA) is 23.8 Å². The molecule has 126 valence electrons. The van der Waals surface area contributed by atoms with E-state index in [1.54, 1.807) is 6.07 Å². The summed E-state index contributed by atoms with van der Waals surface area (Å²) in [5.41, 5.74) is 0.669. The highest BCUT2D eigenvalue weighted by atomic mass is 19.1. The molecular formula is C22H26FN. The van der Waals surface area contributed by atoms with Crippen molar-refractivity contribution in [2.75, 3.05) is 0 Å². The summed E-state index contributed by atoms with van der Waals surface area (Å²) in [4.78, 5) is 0. The number of halogens is 1. The number of unbranched alkanes of at least 4 members (excludes halogenated alkanes) is 2. The van der Waals surface area contributed by atoms with Crippen LogP contribution in [0.5, 0.6) is 0 Å². The lowest BCUT2D eigenvalue weighted by Gasteiger charge is -2.26. The normalized spacial score (nSPS) is 20.4. The molecule has 1 fully saturated rings. The van der Waals surface area contributed by atoms with Gasteiger partial charge in [0.25, 0.3) is 0 Å². The molecular weight excluding hydrogens is 297 g/mol. The van der Waals surface area contributed by atoms with Crippen LogP contribution in [0.1, 0.15) is 69.4 Å². The van der Waals surface area contributed by atoms with Gasteiger partial charge in [0.1, 0.15) is 11.9 Å². The van der Waals surface area contributed by atoms with Gasteiger partial charge >= 0.3 is 0 Å². The summed E-state index contributed by atoms with van der Waals surface area (Å²) in [6, 6.07) is 6.29. The van der Waals surface area contributed by atoms with E-state index in [9.17, 15) is 4.39 Å². The zero-order chi connectivity index (χ0) is 17.2. The second-order valence-corrected chi connectivity index (χ2v) is 6.71. The first-order valence-electron chi connectivity index (χ1n) is 9.10. The molecule has 1 aliphatic rings. The first kappa shape index (κ1) is 18.3. The van der Waals surface area contributed by atoms with Crippen LogP contribution in [0, 0.1) is 40.8 Å². The van der Waals surface area contributed by atoms with Crippen molar-refractivity contribution in [3.8, 4) is 17.9 Å². The van der Waals surface area contributed by atoms with Crippen molar-refractivity contribution >= 4 is 0 Å². The van der Waals surface area contributed by atoms with Crippen LogP contribution in [-0.4, -0.2) is 0 Å². The number of benzene rings is 1. The number of nitrogens with zero attached hydrogens (tertiary/aromatic N) is 1. The third-order valence-electron chi connectivity index (χ3n) is 4.87. The van der Waals surface area contributed by atoms with Gasteiger partial charge in [-0.1, -0.05) is 50.5 Å². The van der Waals surface area contributed by atoms with Gasteiger partial charge in [-0.3, -0.25) is 0 Å². The van der Waals surface area contributed by atoms with Crippen LogP contribution in [0.3, 0.4) is 0 Å². The lowest BCUT2D eigenvalue weighted by molar-refractivity contribution is 0.289. The molecule has 0 unspecified atom stereocenters. The monoisotopic (exact) mass is 323 g/mol. The largest absolute Gasteiger partial charge is 0.206 e. The zero-order valence-corrected chi connectivity index (χ0v) is 14.5. The van der Waals surface area contributed by atoms with Gasteiger partial charge in [0, 0.05) is 5.56 Å². The Hall–Kier alpha value is -2.06. The minimum Gasteiger partial charge on any atom is -0.206 e. The molecule has 0 atom stereocenters. The van der Waals surface area contributed by atoms with E-state index >= 15 is 0 Å². The van der Waals surface area contributed by atoms with E-state index in [4.69, 9.17) is 5.26 Å². The summed E-state index contributed by atoms with van der Waals surface area (Å²) in [7, 11) is 0. The smallest absolute Gasteiger partial charge is 0.142 e. The predicted octanol–water partition coefficient (Wildman–Crippen LogP) is 5.99. The molecule has 0 saturated heterocycles. The molecule has 2 rings (SSSR count). The van der Waals surface area contributed by atoms with E-state index in [1.807, 2.05) is 12.1 Å². The van der Waals surface area contributed by atoms with Gasteiger partial charge in [0.2, 0.25) is 0 Å². The summed E-state index contributed by atoms with van der Waals surface area (Å²) >= 11 is 0. The minimum absolute atomic E-state index is 0.0618. The van der Waals surface area contributed by atoms with E-state index < -0.39 is 5.82 Å². The Morgan fingerprint density at radius 2 is 2.00 bits per heavy atom. The Labute approximate surface area is 145 Å². The molecule has 0 aliphatic heterocycles. The van der Waals surface area contributed by atoms with Crippen molar-refractivity contribution < 1.29 is 4.39 Å². The van der Waals surface area contributed by atoms with Gasteiger partial charge in [-0.05, 0) is 61.8 Å². The van der Waals surface area contributed by atoms with Crippen LogP contribution < -0.4 is 0 Å². The molecule has 1 aliphatic carbocycles.